The zero-order valence-electron chi connectivity index (χ0n) is 36.3. The molecule has 0 saturated heterocycles. The predicted molar refractivity (Wildman–Crippen MR) is 234 cm³/mol. The van der Waals surface area contributed by atoms with Crippen LogP contribution in [0.1, 0.15) is 177 Å². The lowest BCUT2D eigenvalue weighted by Crippen LogP contribution is -2.33. The molecule has 4 aromatic carbocycles. The summed E-state index contributed by atoms with van der Waals surface area (Å²) in [6, 6.07) is 31.7. The van der Waals surface area contributed by atoms with Crippen molar-refractivity contribution in [1.29, 1.82) is 0 Å². The summed E-state index contributed by atoms with van der Waals surface area (Å²) < 4.78 is 17.9. The van der Waals surface area contributed by atoms with E-state index in [1.54, 1.807) is 48.5 Å². The van der Waals surface area contributed by atoms with Crippen LogP contribution in [0.5, 0.6) is 17.2 Å². The number of hydrogen-bond donors (Lipinski definition) is 0. The lowest BCUT2D eigenvalue weighted by atomic mass is 9.63. The van der Waals surface area contributed by atoms with Crippen molar-refractivity contribution in [2.45, 2.75) is 156 Å². The van der Waals surface area contributed by atoms with Crippen LogP contribution in [0.3, 0.4) is 0 Å². The van der Waals surface area contributed by atoms with Gasteiger partial charge in [-0.15, -0.1) is 0 Å². The van der Waals surface area contributed by atoms with E-state index < -0.39 is 11.6 Å². The molecule has 5 rings (SSSR count). The fourth-order valence-electron chi connectivity index (χ4n) is 8.98. The van der Waals surface area contributed by atoms with Gasteiger partial charge in [0.2, 0.25) is 0 Å². The Hall–Kier alpha value is -4.38. The van der Waals surface area contributed by atoms with E-state index in [4.69, 9.17) is 14.2 Å². The molecule has 0 aromatic heterocycles. The van der Waals surface area contributed by atoms with Crippen molar-refractivity contribution in [3.8, 4) is 17.2 Å². The lowest BCUT2D eigenvalue weighted by Gasteiger charge is -2.40. The number of carbonyl (C=O) groups is 2. The first-order valence-corrected chi connectivity index (χ1v) is 21.7. The highest BCUT2D eigenvalue weighted by Crippen LogP contribution is 2.52. The van der Waals surface area contributed by atoms with Crippen molar-refractivity contribution in [1.82, 2.24) is 0 Å². The highest BCUT2D eigenvalue weighted by atomic mass is 16.6. The largest absolute Gasteiger partial charge is 0.457 e. The van der Waals surface area contributed by atoms with E-state index in [0.717, 1.165) is 51.4 Å². The van der Waals surface area contributed by atoms with Crippen LogP contribution in [0.25, 0.3) is 0 Å². The molecule has 1 aliphatic rings. The average Bonchev–Trinajstić information content (AvgIpc) is 3.33. The summed E-state index contributed by atoms with van der Waals surface area (Å²) >= 11 is 0. The van der Waals surface area contributed by atoms with Crippen LogP contribution < -0.4 is 9.47 Å². The molecule has 0 spiro atoms. The Morgan fingerprint density at radius 3 is 1.74 bits per heavy atom. The van der Waals surface area contributed by atoms with Gasteiger partial charge in [-0.25, -0.2) is 9.59 Å². The molecular formula is C52H68O5. The predicted octanol–water partition coefficient (Wildman–Crippen LogP) is 14.6. The molecule has 0 amide bonds. The summed E-state index contributed by atoms with van der Waals surface area (Å²) in [6.45, 7) is 20.5. The Labute approximate surface area is 343 Å². The number of carbonyl (C=O) groups excluding carboxylic acids is 2. The van der Waals surface area contributed by atoms with E-state index in [1.165, 1.54) is 42.4 Å². The first kappa shape index (κ1) is 43.7. The van der Waals surface area contributed by atoms with Crippen molar-refractivity contribution >= 4 is 11.9 Å². The van der Waals surface area contributed by atoms with Crippen LogP contribution in [0.4, 0.5) is 0 Å². The lowest BCUT2D eigenvalue weighted by molar-refractivity contribution is -0.0164. The van der Waals surface area contributed by atoms with Gasteiger partial charge >= 0.3 is 11.9 Å². The third-order valence-electron chi connectivity index (χ3n) is 12.9. The van der Waals surface area contributed by atoms with Crippen molar-refractivity contribution in [2.24, 2.45) is 11.3 Å². The summed E-state index contributed by atoms with van der Waals surface area (Å²) in [5, 5.41) is 0. The molecule has 1 saturated carbocycles. The van der Waals surface area contributed by atoms with Gasteiger partial charge in [0.25, 0.3) is 0 Å². The van der Waals surface area contributed by atoms with Gasteiger partial charge in [0.15, 0.2) is 0 Å². The Balaban J connectivity index is 1.26. The summed E-state index contributed by atoms with van der Waals surface area (Å²) in [5.74, 6) is 1.51. The maximum atomic E-state index is 13.3. The van der Waals surface area contributed by atoms with Crippen LogP contribution in [0.15, 0.2) is 97.1 Å². The van der Waals surface area contributed by atoms with Crippen LogP contribution in [0.2, 0.25) is 0 Å². The fourth-order valence-corrected chi connectivity index (χ4v) is 8.98. The number of benzene rings is 4. The molecule has 57 heavy (non-hydrogen) atoms. The molecule has 306 valence electrons. The van der Waals surface area contributed by atoms with Crippen LogP contribution in [0, 0.1) is 11.3 Å². The Bertz CT molecular complexity index is 1890. The number of esters is 2. The Morgan fingerprint density at radius 1 is 0.667 bits per heavy atom. The van der Waals surface area contributed by atoms with Crippen molar-refractivity contribution in [2.75, 3.05) is 0 Å². The first-order valence-electron chi connectivity index (χ1n) is 21.7. The van der Waals surface area contributed by atoms with Crippen LogP contribution >= 0.6 is 0 Å². The van der Waals surface area contributed by atoms with Gasteiger partial charge in [0.05, 0.1) is 11.1 Å². The minimum atomic E-state index is -0.472. The van der Waals surface area contributed by atoms with E-state index in [-0.39, 0.29) is 22.2 Å². The zero-order valence-corrected chi connectivity index (χ0v) is 36.3. The third kappa shape index (κ3) is 11.0. The van der Waals surface area contributed by atoms with Gasteiger partial charge in [-0.05, 0) is 152 Å². The molecule has 0 bridgehead atoms. The summed E-state index contributed by atoms with van der Waals surface area (Å²) in [7, 11) is 0. The normalized spacial score (nSPS) is 20.1. The first-order chi connectivity index (χ1) is 27.2. The molecule has 4 atom stereocenters. The number of ether oxygens (including phenoxy) is 3. The maximum Gasteiger partial charge on any atom is 0.343 e. The molecule has 0 radical (unpaired) electrons. The van der Waals surface area contributed by atoms with Gasteiger partial charge < -0.3 is 14.2 Å². The Morgan fingerprint density at radius 2 is 1.21 bits per heavy atom. The van der Waals surface area contributed by atoms with E-state index in [9.17, 15) is 9.59 Å². The van der Waals surface area contributed by atoms with Gasteiger partial charge in [0, 0.05) is 5.41 Å². The smallest absolute Gasteiger partial charge is 0.343 e. The second kappa shape index (κ2) is 18.9. The van der Waals surface area contributed by atoms with Crippen molar-refractivity contribution in [3.05, 3.63) is 125 Å². The minimum Gasteiger partial charge on any atom is -0.457 e. The molecule has 5 nitrogen and oxygen atoms in total. The van der Waals surface area contributed by atoms with E-state index in [1.807, 2.05) is 19.1 Å². The molecule has 5 heteroatoms. The molecule has 1 fully saturated rings. The highest BCUT2D eigenvalue weighted by Gasteiger charge is 2.43. The van der Waals surface area contributed by atoms with Gasteiger partial charge in [-0.3, -0.25) is 0 Å². The molecule has 4 unspecified atom stereocenters. The second-order valence-electron chi connectivity index (χ2n) is 18.2. The molecule has 0 heterocycles. The second-order valence-corrected chi connectivity index (χ2v) is 18.2. The van der Waals surface area contributed by atoms with Gasteiger partial charge in [-0.1, -0.05) is 117 Å². The highest BCUT2D eigenvalue weighted by molar-refractivity contribution is 5.91. The van der Waals surface area contributed by atoms with Gasteiger partial charge in [0.1, 0.15) is 22.8 Å². The topological polar surface area (TPSA) is 61.8 Å². The number of unbranched alkanes of at least 4 members (excludes halogenated alkanes) is 2. The SMILES string of the molecule is CCCCCC(C)(CC)OC(=O)c1ccc(Oc2ccc(C(=O)Oc3ccc(C4(c5ccc(C(C)(CC)CCC)cc5)CC(C)CCC(C)(C)C4)cc3)cc2)cc1. The molecule has 1 aliphatic carbocycles. The summed E-state index contributed by atoms with van der Waals surface area (Å²) in [6.07, 6.45) is 13.0. The quantitative estimate of drug-likeness (QED) is 0.0463. The molecular weight excluding hydrogens is 705 g/mol. The molecule has 0 aliphatic heterocycles. The zero-order chi connectivity index (χ0) is 41.3. The maximum absolute atomic E-state index is 13.3. The summed E-state index contributed by atoms with van der Waals surface area (Å²) in [5.41, 5.74) is 4.75. The van der Waals surface area contributed by atoms with Crippen molar-refractivity contribution in [3.63, 3.8) is 0 Å². The van der Waals surface area contributed by atoms with E-state index in [0.29, 0.717) is 34.3 Å². The van der Waals surface area contributed by atoms with Crippen LogP contribution in [-0.2, 0) is 15.6 Å². The summed E-state index contributed by atoms with van der Waals surface area (Å²) in [4.78, 5) is 26.2. The Kier molecular flexibility index (Phi) is 14.5. The minimum absolute atomic E-state index is 0.141. The van der Waals surface area contributed by atoms with Crippen LogP contribution in [-0.4, -0.2) is 17.5 Å². The average molecular weight is 773 g/mol. The third-order valence-corrected chi connectivity index (χ3v) is 12.9. The number of hydrogen-bond acceptors (Lipinski definition) is 5. The van der Waals surface area contributed by atoms with Crippen molar-refractivity contribution < 1.29 is 23.8 Å². The monoisotopic (exact) mass is 773 g/mol. The molecule has 0 N–H and O–H groups in total. The van der Waals surface area contributed by atoms with E-state index in [2.05, 4.69) is 91.8 Å². The fraction of sp³-hybridized carbons (Fsp3) is 0.500. The number of rotatable bonds is 17. The van der Waals surface area contributed by atoms with E-state index >= 15 is 0 Å². The molecule has 4 aromatic rings. The van der Waals surface area contributed by atoms with Gasteiger partial charge in [-0.2, -0.15) is 0 Å². The standard InChI is InChI=1S/C52H68O5/c1-10-14-15-34-51(9,13-4)57-48(54)40-18-28-45(29-19-40)55-44-26-16-39(17-27-44)47(53)56-46-30-24-43(25-31-46)52(36-38(5)32-35-49(6,7)37-52)42-22-20-41(21-23-42)50(8,12-3)33-11-2/h16-31,38H,10-15,32-37H2,1-9H3.